The molecule has 1 aromatic carbocycles. The Labute approximate surface area is 94.5 Å². The van der Waals surface area contributed by atoms with Crippen LogP contribution in [0.15, 0.2) is 12.1 Å². The zero-order valence-electron chi connectivity index (χ0n) is 9.65. The van der Waals surface area contributed by atoms with Gasteiger partial charge in [0.15, 0.2) is 18.1 Å². The van der Waals surface area contributed by atoms with Gasteiger partial charge in [-0.1, -0.05) is 26.0 Å². The van der Waals surface area contributed by atoms with E-state index in [4.69, 9.17) is 9.84 Å². The lowest BCUT2D eigenvalue weighted by molar-refractivity contribution is -0.139. The second-order valence-corrected chi connectivity index (χ2v) is 3.99. The summed E-state index contributed by atoms with van der Waals surface area (Å²) < 4.78 is 5.07. The van der Waals surface area contributed by atoms with E-state index in [1.165, 1.54) is 0 Å². The smallest absolute Gasteiger partial charge is 0.341 e. The van der Waals surface area contributed by atoms with Gasteiger partial charge in [0.2, 0.25) is 0 Å². The minimum Gasteiger partial charge on any atom is -0.504 e. The van der Waals surface area contributed by atoms with E-state index in [0.717, 1.165) is 11.1 Å². The number of phenolic OH excluding ortho intramolecular Hbond substituents is 1. The number of hydrogen-bond acceptors (Lipinski definition) is 3. The van der Waals surface area contributed by atoms with E-state index in [1.807, 2.05) is 26.0 Å². The normalized spacial score (nSPS) is 10.5. The van der Waals surface area contributed by atoms with E-state index in [9.17, 15) is 9.90 Å². The fraction of sp³-hybridized carbons (Fsp3) is 0.417. The Hall–Kier alpha value is -1.71. The molecule has 0 aliphatic heterocycles. The van der Waals surface area contributed by atoms with Crippen LogP contribution in [0.4, 0.5) is 0 Å². The van der Waals surface area contributed by atoms with Crippen molar-refractivity contribution in [1.82, 2.24) is 0 Å². The standard InChI is InChI=1S/C12H16O4/c1-7(2)9-5-4-8(3)12(11(9)15)16-6-10(13)14/h4-5,7,15H,6H2,1-3H3,(H,13,14). The molecule has 0 radical (unpaired) electrons. The van der Waals surface area contributed by atoms with Crippen LogP contribution in [0.5, 0.6) is 11.5 Å². The van der Waals surface area contributed by atoms with Crippen molar-refractivity contribution >= 4 is 5.97 Å². The molecule has 0 saturated carbocycles. The third kappa shape index (κ3) is 2.66. The van der Waals surface area contributed by atoms with Gasteiger partial charge in [0.05, 0.1) is 0 Å². The van der Waals surface area contributed by atoms with Gasteiger partial charge in [-0.25, -0.2) is 4.79 Å². The highest BCUT2D eigenvalue weighted by Gasteiger charge is 2.14. The summed E-state index contributed by atoms with van der Waals surface area (Å²) in [5, 5.41) is 18.5. The molecular weight excluding hydrogens is 208 g/mol. The molecule has 0 aromatic heterocycles. The number of carboxylic acid groups (broad SMARTS) is 1. The third-order valence-electron chi connectivity index (χ3n) is 2.32. The largest absolute Gasteiger partial charge is 0.504 e. The van der Waals surface area contributed by atoms with Gasteiger partial charge >= 0.3 is 5.97 Å². The summed E-state index contributed by atoms with van der Waals surface area (Å²) in [6.45, 7) is 5.22. The molecule has 0 unspecified atom stereocenters. The van der Waals surface area contributed by atoms with Crippen LogP contribution in [0, 0.1) is 6.92 Å². The summed E-state index contributed by atoms with van der Waals surface area (Å²) in [6, 6.07) is 3.63. The van der Waals surface area contributed by atoms with Gasteiger partial charge in [-0.3, -0.25) is 0 Å². The maximum Gasteiger partial charge on any atom is 0.341 e. The SMILES string of the molecule is Cc1ccc(C(C)C)c(O)c1OCC(=O)O. The molecule has 0 fully saturated rings. The molecule has 0 aliphatic rings. The molecule has 0 aliphatic carbocycles. The Morgan fingerprint density at radius 3 is 2.56 bits per heavy atom. The molecule has 4 heteroatoms. The highest BCUT2D eigenvalue weighted by molar-refractivity contribution is 5.69. The van der Waals surface area contributed by atoms with Gasteiger partial charge < -0.3 is 14.9 Å². The lowest BCUT2D eigenvalue weighted by Gasteiger charge is -2.14. The Morgan fingerprint density at radius 2 is 2.06 bits per heavy atom. The van der Waals surface area contributed by atoms with Gasteiger partial charge in [-0.05, 0) is 18.4 Å². The molecular formula is C12H16O4. The second-order valence-electron chi connectivity index (χ2n) is 3.99. The van der Waals surface area contributed by atoms with Gasteiger partial charge in [-0.15, -0.1) is 0 Å². The molecule has 1 aromatic rings. The van der Waals surface area contributed by atoms with Gasteiger partial charge in [0.1, 0.15) is 0 Å². The maximum absolute atomic E-state index is 10.4. The summed E-state index contributed by atoms with van der Waals surface area (Å²) in [6.07, 6.45) is 0. The molecule has 88 valence electrons. The number of rotatable bonds is 4. The van der Waals surface area contributed by atoms with E-state index in [1.54, 1.807) is 6.92 Å². The number of benzene rings is 1. The zero-order valence-corrected chi connectivity index (χ0v) is 9.65. The molecule has 1 rings (SSSR count). The maximum atomic E-state index is 10.4. The van der Waals surface area contributed by atoms with Gasteiger partial charge in [0.25, 0.3) is 0 Å². The first kappa shape index (κ1) is 12.4. The topological polar surface area (TPSA) is 66.8 Å². The molecule has 16 heavy (non-hydrogen) atoms. The molecule has 0 atom stereocenters. The highest BCUT2D eigenvalue weighted by atomic mass is 16.5. The van der Waals surface area contributed by atoms with Crippen LogP contribution in [-0.4, -0.2) is 22.8 Å². The number of aryl methyl sites for hydroxylation is 1. The minimum atomic E-state index is -1.06. The van der Waals surface area contributed by atoms with E-state index >= 15 is 0 Å². The van der Waals surface area contributed by atoms with Crippen LogP contribution < -0.4 is 4.74 Å². The molecule has 0 saturated heterocycles. The molecule has 0 bridgehead atoms. The Morgan fingerprint density at radius 1 is 1.44 bits per heavy atom. The van der Waals surface area contributed by atoms with E-state index in [2.05, 4.69) is 0 Å². The van der Waals surface area contributed by atoms with Crippen molar-refractivity contribution in [3.63, 3.8) is 0 Å². The lowest BCUT2D eigenvalue weighted by Crippen LogP contribution is -2.10. The average Bonchev–Trinajstić information content (AvgIpc) is 2.16. The lowest BCUT2D eigenvalue weighted by atomic mass is 10.00. The van der Waals surface area contributed by atoms with Crippen molar-refractivity contribution in [1.29, 1.82) is 0 Å². The van der Waals surface area contributed by atoms with E-state index in [-0.39, 0.29) is 17.4 Å². The van der Waals surface area contributed by atoms with Crippen LogP contribution in [0.25, 0.3) is 0 Å². The number of carbonyl (C=O) groups is 1. The first-order chi connectivity index (χ1) is 7.43. The predicted octanol–water partition coefficient (Wildman–Crippen LogP) is 2.29. The Kier molecular flexibility index (Phi) is 3.77. The van der Waals surface area contributed by atoms with Crippen molar-refractivity contribution < 1.29 is 19.7 Å². The fourth-order valence-electron chi connectivity index (χ4n) is 1.47. The molecule has 2 N–H and O–H groups in total. The van der Waals surface area contributed by atoms with Crippen molar-refractivity contribution in [3.8, 4) is 11.5 Å². The fourth-order valence-corrected chi connectivity index (χ4v) is 1.47. The summed E-state index contributed by atoms with van der Waals surface area (Å²) in [7, 11) is 0. The van der Waals surface area contributed by atoms with Crippen molar-refractivity contribution in [2.24, 2.45) is 0 Å². The number of carboxylic acids is 1. The monoisotopic (exact) mass is 224 g/mol. The van der Waals surface area contributed by atoms with Crippen LogP contribution in [0.3, 0.4) is 0 Å². The first-order valence-electron chi connectivity index (χ1n) is 5.10. The van der Waals surface area contributed by atoms with Crippen molar-refractivity contribution in [3.05, 3.63) is 23.3 Å². The first-order valence-corrected chi connectivity index (χ1v) is 5.10. The number of aliphatic carboxylic acids is 1. The van der Waals surface area contributed by atoms with Crippen LogP contribution in [0.2, 0.25) is 0 Å². The minimum absolute atomic E-state index is 0.0382. The number of aromatic hydroxyl groups is 1. The van der Waals surface area contributed by atoms with Crippen molar-refractivity contribution in [2.45, 2.75) is 26.7 Å². The van der Waals surface area contributed by atoms with Gasteiger partial charge in [-0.2, -0.15) is 0 Å². The van der Waals surface area contributed by atoms with Crippen LogP contribution in [0.1, 0.15) is 30.9 Å². The average molecular weight is 224 g/mol. The Balaban J connectivity index is 3.06. The van der Waals surface area contributed by atoms with Crippen LogP contribution in [-0.2, 0) is 4.79 Å². The number of ether oxygens (including phenoxy) is 1. The van der Waals surface area contributed by atoms with E-state index < -0.39 is 12.6 Å². The predicted molar refractivity (Wildman–Crippen MR) is 60.1 cm³/mol. The summed E-state index contributed by atoms with van der Waals surface area (Å²) >= 11 is 0. The summed E-state index contributed by atoms with van der Waals surface area (Å²) in [5.41, 5.74) is 1.48. The van der Waals surface area contributed by atoms with Crippen molar-refractivity contribution in [2.75, 3.05) is 6.61 Å². The quantitative estimate of drug-likeness (QED) is 0.823. The Bertz CT molecular complexity index is 396. The molecule has 0 amide bonds. The molecule has 4 nitrogen and oxygen atoms in total. The summed E-state index contributed by atoms with van der Waals surface area (Å²) in [5.74, 6) is -0.605. The number of phenols is 1. The van der Waals surface area contributed by atoms with Crippen LogP contribution >= 0.6 is 0 Å². The second kappa shape index (κ2) is 4.88. The summed E-state index contributed by atoms with van der Waals surface area (Å²) in [4.78, 5) is 10.4. The number of hydrogen-bond donors (Lipinski definition) is 2. The molecule has 0 spiro atoms. The van der Waals surface area contributed by atoms with Gasteiger partial charge in [0, 0.05) is 5.56 Å². The molecule has 0 heterocycles. The highest BCUT2D eigenvalue weighted by Crippen LogP contribution is 2.37. The zero-order chi connectivity index (χ0) is 12.3. The van der Waals surface area contributed by atoms with E-state index in [0.29, 0.717) is 0 Å². The third-order valence-corrected chi connectivity index (χ3v) is 2.32.